The van der Waals surface area contributed by atoms with Gasteiger partial charge in [-0.1, -0.05) is 32.9 Å². The summed E-state index contributed by atoms with van der Waals surface area (Å²) in [6.45, 7) is 11.2. The Morgan fingerprint density at radius 2 is 1.75 bits per heavy atom. The van der Waals surface area contributed by atoms with Gasteiger partial charge in [0.2, 0.25) is 0 Å². The van der Waals surface area contributed by atoms with Gasteiger partial charge in [0.05, 0.1) is 5.69 Å². The number of aromatic nitrogens is 2. The van der Waals surface area contributed by atoms with E-state index in [0.29, 0.717) is 0 Å². The second-order valence-electron chi connectivity index (χ2n) is 6.45. The fourth-order valence-electron chi connectivity index (χ4n) is 1.65. The van der Waals surface area contributed by atoms with Gasteiger partial charge in [0.1, 0.15) is 12.1 Å². The highest BCUT2D eigenvalue weighted by Crippen LogP contribution is 2.39. The maximum Gasteiger partial charge on any atom is 0.250 e. The summed E-state index contributed by atoms with van der Waals surface area (Å²) < 4.78 is 6.43. The fraction of sp³-hybridized carbons (Fsp3) is 0.375. The van der Waals surface area contributed by atoms with Gasteiger partial charge < -0.3 is 4.43 Å². The van der Waals surface area contributed by atoms with E-state index in [1.54, 1.807) is 12.5 Å². The van der Waals surface area contributed by atoms with Crippen LogP contribution in [0.25, 0.3) is 11.3 Å². The topological polar surface area (TPSA) is 35.0 Å². The van der Waals surface area contributed by atoms with E-state index in [-0.39, 0.29) is 5.04 Å². The summed E-state index contributed by atoms with van der Waals surface area (Å²) in [5.74, 6) is 0.915. The van der Waals surface area contributed by atoms with E-state index < -0.39 is 8.32 Å². The number of rotatable bonds is 3. The van der Waals surface area contributed by atoms with Gasteiger partial charge in [-0.2, -0.15) is 0 Å². The predicted molar refractivity (Wildman–Crippen MR) is 85.3 cm³/mol. The highest BCUT2D eigenvalue weighted by molar-refractivity contribution is 6.74. The minimum absolute atomic E-state index is 0.172. The molecule has 0 aliphatic carbocycles. The van der Waals surface area contributed by atoms with Crippen LogP contribution in [0.5, 0.6) is 5.75 Å². The average molecular weight is 286 g/mol. The first kappa shape index (κ1) is 14.7. The molecular weight excluding hydrogens is 264 g/mol. The van der Waals surface area contributed by atoms with Crippen LogP contribution in [0.2, 0.25) is 18.1 Å². The molecule has 0 aliphatic rings. The van der Waals surface area contributed by atoms with E-state index in [0.717, 1.165) is 17.0 Å². The van der Waals surface area contributed by atoms with Crippen LogP contribution in [-0.4, -0.2) is 18.3 Å². The predicted octanol–water partition coefficient (Wildman–Crippen LogP) is 4.53. The van der Waals surface area contributed by atoms with Crippen molar-refractivity contribution in [2.24, 2.45) is 0 Å². The van der Waals surface area contributed by atoms with Crippen LogP contribution in [0.15, 0.2) is 42.9 Å². The third kappa shape index (κ3) is 3.07. The lowest BCUT2D eigenvalue weighted by molar-refractivity contribution is 0.493. The number of hydrogen-bond acceptors (Lipinski definition) is 3. The highest BCUT2D eigenvalue weighted by atomic mass is 28.4. The van der Waals surface area contributed by atoms with Crippen LogP contribution in [-0.2, 0) is 0 Å². The normalized spacial score (nSPS) is 12.2. The molecule has 4 heteroatoms. The molecular formula is C16H22N2OSi. The Morgan fingerprint density at radius 3 is 2.35 bits per heavy atom. The first-order chi connectivity index (χ1) is 9.31. The largest absolute Gasteiger partial charge is 0.543 e. The monoisotopic (exact) mass is 286 g/mol. The van der Waals surface area contributed by atoms with Crippen molar-refractivity contribution in [1.82, 2.24) is 9.97 Å². The maximum atomic E-state index is 6.43. The zero-order chi connectivity index (χ0) is 14.8. The molecule has 0 fully saturated rings. The number of benzene rings is 1. The molecule has 3 nitrogen and oxygen atoms in total. The first-order valence-corrected chi connectivity index (χ1v) is 9.76. The molecule has 0 amide bonds. The van der Waals surface area contributed by atoms with Crippen molar-refractivity contribution >= 4 is 8.32 Å². The lowest BCUT2D eigenvalue weighted by Crippen LogP contribution is -2.44. The molecule has 0 unspecified atom stereocenters. The molecule has 0 N–H and O–H groups in total. The van der Waals surface area contributed by atoms with E-state index in [2.05, 4.69) is 43.8 Å². The minimum atomic E-state index is -1.85. The van der Waals surface area contributed by atoms with E-state index in [4.69, 9.17) is 4.43 Å². The SMILES string of the molecule is CC(C)(C)[Si](C)(C)Oc1ccccc1-c1ccncn1. The zero-order valence-corrected chi connectivity index (χ0v) is 13.8. The molecule has 0 atom stereocenters. The van der Waals surface area contributed by atoms with Crippen molar-refractivity contribution in [2.45, 2.75) is 38.9 Å². The van der Waals surface area contributed by atoms with E-state index in [1.165, 1.54) is 0 Å². The Kier molecular flexibility index (Phi) is 3.95. The summed E-state index contributed by atoms with van der Waals surface area (Å²) in [6.07, 6.45) is 3.32. The molecule has 0 bridgehead atoms. The first-order valence-electron chi connectivity index (χ1n) is 6.86. The number of para-hydroxylation sites is 1. The van der Waals surface area contributed by atoms with Gasteiger partial charge in [-0.3, -0.25) is 0 Å². The van der Waals surface area contributed by atoms with Crippen LogP contribution in [0, 0.1) is 0 Å². The molecule has 0 spiro atoms. The molecule has 2 aromatic rings. The number of nitrogens with zero attached hydrogens (tertiary/aromatic N) is 2. The van der Waals surface area contributed by atoms with Gasteiger partial charge in [0.15, 0.2) is 0 Å². The van der Waals surface area contributed by atoms with Gasteiger partial charge in [0.25, 0.3) is 8.32 Å². The zero-order valence-electron chi connectivity index (χ0n) is 12.8. The third-order valence-corrected chi connectivity index (χ3v) is 8.26. The van der Waals surface area contributed by atoms with Crippen LogP contribution in [0.1, 0.15) is 20.8 Å². The van der Waals surface area contributed by atoms with Gasteiger partial charge in [0, 0.05) is 11.8 Å². The number of hydrogen-bond donors (Lipinski definition) is 0. The lowest BCUT2D eigenvalue weighted by atomic mass is 10.1. The standard InChI is InChI=1S/C16H22N2OSi/c1-16(2,3)20(4,5)19-15-9-7-6-8-13(15)14-10-11-17-12-18-14/h6-12H,1-5H3. The van der Waals surface area contributed by atoms with E-state index in [9.17, 15) is 0 Å². The molecule has 1 aromatic heterocycles. The fourth-order valence-corrected chi connectivity index (χ4v) is 2.68. The summed E-state index contributed by atoms with van der Waals surface area (Å²) in [7, 11) is -1.85. The van der Waals surface area contributed by atoms with Gasteiger partial charge in [-0.25, -0.2) is 9.97 Å². The Labute approximate surface area is 122 Å². The second kappa shape index (κ2) is 5.36. The van der Waals surface area contributed by atoms with Gasteiger partial charge in [-0.15, -0.1) is 0 Å². The smallest absolute Gasteiger partial charge is 0.250 e. The van der Waals surface area contributed by atoms with Crippen LogP contribution in [0.3, 0.4) is 0 Å². The Balaban J connectivity index is 2.40. The van der Waals surface area contributed by atoms with Gasteiger partial charge in [-0.05, 0) is 36.3 Å². The van der Waals surface area contributed by atoms with Crippen molar-refractivity contribution in [3.63, 3.8) is 0 Å². The maximum absolute atomic E-state index is 6.43. The third-order valence-electron chi connectivity index (χ3n) is 3.92. The van der Waals surface area contributed by atoms with Crippen molar-refractivity contribution in [3.8, 4) is 17.0 Å². The van der Waals surface area contributed by atoms with Crippen LogP contribution < -0.4 is 4.43 Å². The highest BCUT2D eigenvalue weighted by Gasteiger charge is 2.39. The van der Waals surface area contributed by atoms with Gasteiger partial charge >= 0.3 is 0 Å². The van der Waals surface area contributed by atoms with Crippen molar-refractivity contribution < 1.29 is 4.43 Å². The Hall–Kier alpha value is -1.68. The van der Waals surface area contributed by atoms with Crippen LogP contribution in [0.4, 0.5) is 0 Å². The quantitative estimate of drug-likeness (QED) is 0.778. The molecule has 0 radical (unpaired) electrons. The van der Waals surface area contributed by atoms with Crippen molar-refractivity contribution in [1.29, 1.82) is 0 Å². The Bertz CT molecular complexity index is 577. The molecule has 1 heterocycles. The lowest BCUT2D eigenvalue weighted by Gasteiger charge is -2.37. The molecule has 2 rings (SSSR count). The minimum Gasteiger partial charge on any atom is -0.543 e. The summed E-state index contributed by atoms with van der Waals surface area (Å²) in [4.78, 5) is 8.30. The summed E-state index contributed by atoms with van der Waals surface area (Å²) in [6, 6.07) is 10.00. The molecule has 0 aliphatic heterocycles. The summed E-state index contributed by atoms with van der Waals surface area (Å²) >= 11 is 0. The molecule has 0 saturated heterocycles. The van der Waals surface area contributed by atoms with Crippen molar-refractivity contribution in [3.05, 3.63) is 42.9 Å². The molecule has 1 aromatic carbocycles. The second-order valence-corrected chi connectivity index (χ2v) is 11.2. The van der Waals surface area contributed by atoms with Crippen LogP contribution >= 0.6 is 0 Å². The molecule has 106 valence electrons. The van der Waals surface area contributed by atoms with Crippen molar-refractivity contribution in [2.75, 3.05) is 0 Å². The Morgan fingerprint density at radius 1 is 1.05 bits per heavy atom. The van der Waals surface area contributed by atoms with E-state index in [1.807, 2.05) is 30.3 Å². The van der Waals surface area contributed by atoms with E-state index >= 15 is 0 Å². The molecule has 20 heavy (non-hydrogen) atoms. The average Bonchev–Trinajstić information content (AvgIpc) is 2.38. The summed E-state index contributed by atoms with van der Waals surface area (Å²) in [5, 5.41) is 0.172. The molecule has 0 saturated carbocycles. The summed E-state index contributed by atoms with van der Waals surface area (Å²) in [5.41, 5.74) is 1.93.